The molecule has 0 saturated carbocycles. The Balaban J connectivity index is 1.65. The summed E-state index contributed by atoms with van der Waals surface area (Å²) >= 11 is 0. The number of nitrogens with zero attached hydrogens (tertiary/aromatic N) is 6. The number of fused-ring (bicyclic) bond motifs is 1. The summed E-state index contributed by atoms with van der Waals surface area (Å²) in [7, 11) is 6.27. The van der Waals surface area contributed by atoms with Crippen LogP contribution in [-0.4, -0.2) is 82.9 Å². The highest BCUT2D eigenvalue weighted by Gasteiger charge is 2.25. The van der Waals surface area contributed by atoms with Gasteiger partial charge in [-0.15, -0.1) is 0 Å². The molecule has 206 valence electrons. The van der Waals surface area contributed by atoms with Crippen LogP contribution in [0.5, 0.6) is 0 Å². The lowest BCUT2D eigenvalue weighted by Crippen LogP contribution is -2.34. The summed E-state index contributed by atoms with van der Waals surface area (Å²) in [6.45, 7) is 10.7. The van der Waals surface area contributed by atoms with Crippen molar-refractivity contribution in [1.29, 1.82) is 0 Å². The number of benzene rings is 1. The number of amides is 2. The number of allylic oxidation sites excluding steroid dienone is 1. The first-order chi connectivity index (χ1) is 18.5. The van der Waals surface area contributed by atoms with Gasteiger partial charge in [0.2, 0.25) is 0 Å². The van der Waals surface area contributed by atoms with Crippen LogP contribution in [0.15, 0.2) is 53.2 Å². The average Bonchev–Trinajstić information content (AvgIpc) is 3.31. The summed E-state index contributed by atoms with van der Waals surface area (Å²) in [6.07, 6.45) is 3.58. The molecular weight excluding hydrogens is 490 g/mol. The van der Waals surface area contributed by atoms with Crippen LogP contribution >= 0.6 is 0 Å². The lowest BCUT2D eigenvalue weighted by molar-refractivity contribution is -0.120. The van der Waals surface area contributed by atoms with E-state index in [9.17, 15) is 9.59 Å². The van der Waals surface area contributed by atoms with Gasteiger partial charge in [-0.1, -0.05) is 23.8 Å². The lowest BCUT2D eigenvalue weighted by atomic mass is 9.95. The molecule has 2 amide bonds. The monoisotopic (exact) mass is 529 g/mol. The third kappa shape index (κ3) is 6.66. The van der Waals surface area contributed by atoms with E-state index >= 15 is 0 Å². The Labute approximate surface area is 230 Å². The number of aromatic nitrogens is 3. The number of rotatable bonds is 10. The van der Waals surface area contributed by atoms with Gasteiger partial charge in [0.25, 0.3) is 11.8 Å². The smallest absolute Gasteiger partial charge is 0.254 e. The molecule has 4 rings (SSSR count). The normalized spacial score (nSPS) is 15.8. The van der Waals surface area contributed by atoms with Gasteiger partial charge in [-0.2, -0.15) is 5.10 Å². The number of carbonyl (C=O) groups is 2. The molecule has 9 heteroatoms. The summed E-state index contributed by atoms with van der Waals surface area (Å²) in [5.41, 5.74) is 5.55. The van der Waals surface area contributed by atoms with E-state index in [1.54, 1.807) is 13.1 Å². The van der Waals surface area contributed by atoms with Crippen LogP contribution in [-0.2, 0) is 11.3 Å². The minimum absolute atomic E-state index is 0.0755. The van der Waals surface area contributed by atoms with Crippen molar-refractivity contribution < 1.29 is 9.59 Å². The number of hydrogen-bond donors (Lipinski definition) is 1. The zero-order chi connectivity index (χ0) is 28.3. The standard InChI is InChI=1S/C30H39N7O2/c1-19(2)37-28-26(17-32-37)24(29(38)31-16-25-20(3)13-21(4)33-30(25)39)15-27(34-28)23-10-8-9-22(14-23)18-36(7)12-11-35(5)6/h8-10,13-15,17,19,25H,11-12,16,18H2,1-7H3,(H,31,38). The van der Waals surface area contributed by atoms with E-state index in [1.807, 2.05) is 49.7 Å². The van der Waals surface area contributed by atoms with E-state index < -0.39 is 5.92 Å². The van der Waals surface area contributed by atoms with Gasteiger partial charge in [0.1, 0.15) is 0 Å². The van der Waals surface area contributed by atoms with Crippen LogP contribution in [0.2, 0.25) is 0 Å². The van der Waals surface area contributed by atoms with Crippen LogP contribution in [0.25, 0.3) is 22.3 Å². The molecule has 1 aliphatic rings. The SMILES string of the molecule is CC1=CC(C)=NC(=O)C1CNC(=O)c1cc(-c2cccc(CN(C)CCN(C)C)c2)nc2c1cnn2C(C)C. The third-order valence-electron chi connectivity index (χ3n) is 6.94. The van der Waals surface area contributed by atoms with Crippen LogP contribution in [0.1, 0.15) is 49.7 Å². The molecule has 1 atom stereocenters. The van der Waals surface area contributed by atoms with Gasteiger partial charge in [0.05, 0.1) is 28.8 Å². The number of dihydropyridines is 1. The quantitative estimate of drug-likeness (QED) is 0.427. The molecule has 9 nitrogen and oxygen atoms in total. The first kappa shape index (κ1) is 28.3. The molecule has 3 aromatic rings. The highest BCUT2D eigenvalue weighted by Crippen LogP contribution is 2.27. The topological polar surface area (TPSA) is 95.7 Å². The summed E-state index contributed by atoms with van der Waals surface area (Å²) in [4.78, 5) is 39.5. The van der Waals surface area contributed by atoms with Crippen molar-refractivity contribution in [2.24, 2.45) is 10.9 Å². The molecule has 0 aliphatic carbocycles. The molecule has 0 bridgehead atoms. The van der Waals surface area contributed by atoms with Crippen molar-refractivity contribution in [2.45, 2.75) is 40.3 Å². The van der Waals surface area contributed by atoms with E-state index in [4.69, 9.17) is 4.98 Å². The number of aliphatic imine (C=N–C) groups is 1. The maximum absolute atomic E-state index is 13.5. The average molecular weight is 530 g/mol. The molecule has 1 N–H and O–H groups in total. The predicted molar refractivity (Wildman–Crippen MR) is 156 cm³/mol. The van der Waals surface area contributed by atoms with Crippen molar-refractivity contribution >= 4 is 28.6 Å². The molecule has 1 aromatic carbocycles. The summed E-state index contributed by atoms with van der Waals surface area (Å²) in [5, 5.41) is 8.18. The first-order valence-corrected chi connectivity index (χ1v) is 13.4. The number of carbonyl (C=O) groups excluding carboxylic acids is 2. The number of likely N-dealkylation sites (N-methyl/N-ethyl adjacent to an activating group) is 2. The van der Waals surface area contributed by atoms with E-state index in [-0.39, 0.29) is 24.4 Å². The fraction of sp³-hybridized carbons (Fsp3) is 0.433. The van der Waals surface area contributed by atoms with Gasteiger partial charge in [-0.05, 0) is 72.6 Å². The van der Waals surface area contributed by atoms with Gasteiger partial charge in [0.15, 0.2) is 5.65 Å². The minimum atomic E-state index is -0.464. The third-order valence-corrected chi connectivity index (χ3v) is 6.94. The van der Waals surface area contributed by atoms with E-state index in [1.165, 1.54) is 5.56 Å². The number of nitrogens with one attached hydrogen (secondary N) is 1. The van der Waals surface area contributed by atoms with Crippen molar-refractivity contribution in [3.8, 4) is 11.3 Å². The van der Waals surface area contributed by atoms with E-state index in [0.29, 0.717) is 28.0 Å². The molecule has 1 unspecified atom stereocenters. The van der Waals surface area contributed by atoms with Crippen LogP contribution in [0, 0.1) is 5.92 Å². The first-order valence-electron chi connectivity index (χ1n) is 13.4. The van der Waals surface area contributed by atoms with Gasteiger partial charge in [-0.25, -0.2) is 14.7 Å². The van der Waals surface area contributed by atoms with Gasteiger partial charge >= 0.3 is 0 Å². The molecule has 0 radical (unpaired) electrons. The Morgan fingerprint density at radius 3 is 2.59 bits per heavy atom. The fourth-order valence-electron chi connectivity index (χ4n) is 4.77. The maximum Gasteiger partial charge on any atom is 0.254 e. The van der Waals surface area contributed by atoms with Crippen LogP contribution in [0.4, 0.5) is 0 Å². The molecule has 2 aromatic heterocycles. The maximum atomic E-state index is 13.5. The second-order valence-electron chi connectivity index (χ2n) is 11.0. The van der Waals surface area contributed by atoms with E-state index in [0.717, 1.165) is 30.8 Å². The Morgan fingerprint density at radius 2 is 1.90 bits per heavy atom. The van der Waals surface area contributed by atoms with Crippen molar-refractivity contribution in [2.75, 3.05) is 40.8 Å². The highest BCUT2D eigenvalue weighted by molar-refractivity contribution is 6.08. The van der Waals surface area contributed by atoms with Crippen molar-refractivity contribution in [3.05, 3.63) is 59.3 Å². The Kier molecular flexibility index (Phi) is 8.72. The summed E-state index contributed by atoms with van der Waals surface area (Å²) < 4.78 is 1.84. The van der Waals surface area contributed by atoms with Gasteiger partial charge in [0, 0.05) is 43.5 Å². The van der Waals surface area contributed by atoms with Crippen LogP contribution < -0.4 is 5.32 Å². The Morgan fingerprint density at radius 1 is 1.13 bits per heavy atom. The molecule has 39 heavy (non-hydrogen) atoms. The molecular formula is C30H39N7O2. The largest absolute Gasteiger partial charge is 0.351 e. The minimum Gasteiger partial charge on any atom is -0.351 e. The Hall–Kier alpha value is -3.69. The predicted octanol–water partition coefficient (Wildman–Crippen LogP) is 3.97. The molecule has 3 heterocycles. The van der Waals surface area contributed by atoms with E-state index in [2.05, 4.69) is 58.5 Å². The second-order valence-corrected chi connectivity index (χ2v) is 11.0. The second kappa shape index (κ2) is 12.0. The summed E-state index contributed by atoms with van der Waals surface area (Å²) in [5.74, 6) is -0.958. The summed E-state index contributed by atoms with van der Waals surface area (Å²) in [6, 6.07) is 10.2. The van der Waals surface area contributed by atoms with Gasteiger partial charge in [-0.3, -0.25) is 9.59 Å². The zero-order valence-corrected chi connectivity index (χ0v) is 24.0. The number of pyridine rings is 1. The zero-order valence-electron chi connectivity index (χ0n) is 24.0. The van der Waals surface area contributed by atoms with Gasteiger partial charge < -0.3 is 15.1 Å². The van der Waals surface area contributed by atoms with Crippen molar-refractivity contribution in [3.63, 3.8) is 0 Å². The number of hydrogen-bond acceptors (Lipinski definition) is 6. The molecule has 0 fully saturated rings. The molecule has 0 saturated heterocycles. The van der Waals surface area contributed by atoms with Crippen molar-refractivity contribution in [1.82, 2.24) is 29.9 Å². The lowest BCUT2D eigenvalue weighted by Gasteiger charge is -2.20. The highest BCUT2D eigenvalue weighted by atomic mass is 16.2. The fourth-order valence-corrected chi connectivity index (χ4v) is 4.77. The Bertz CT molecular complexity index is 1430. The molecule has 0 spiro atoms. The van der Waals surface area contributed by atoms with Crippen LogP contribution in [0.3, 0.4) is 0 Å². The molecule has 1 aliphatic heterocycles.